The molecule has 1 amide bonds. The van der Waals surface area contributed by atoms with Gasteiger partial charge in [-0.1, -0.05) is 25.4 Å². The first kappa shape index (κ1) is 14.0. The smallest absolute Gasteiger partial charge is 0.255 e. The topological polar surface area (TPSA) is 60.8 Å². The quantitative estimate of drug-likeness (QED) is 0.820. The van der Waals surface area contributed by atoms with E-state index < -0.39 is 5.75 Å². The van der Waals surface area contributed by atoms with Crippen molar-refractivity contribution in [1.82, 2.24) is 4.90 Å². The van der Waals surface area contributed by atoms with Crippen molar-refractivity contribution in [1.29, 1.82) is 0 Å². The Hall–Kier alpha value is -1.42. The lowest BCUT2D eigenvalue weighted by molar-refractivity contribution is 0.0730. The minimum absolute atomic E-state index is 0.0839. The van der Waals surface area contributed by atoms with Crippen molar-refractivity contribution >= 4 is 17.5 Å². The predicted octanol–water partition coefficient (Wildman–Crippen LogP) is 3.01. The van der Waals surface area contributed by atoms with Crippen LogP contribution < -0.4 is 0 Å². The lowest BCUT2D eigenvalue weighted by atomic mass is 10.1. The standard InChI is InChI=1S/C14H18ClNO3/c1-3-9-6-8(2)7-16(9)14(19)10-4-5-11(17)13(18)12(10)15/h4-5,8-9,17-18H,3,6-7H2,1-2H3/t8-,9+/m1/s1. The van der Waals surface area contributed by atoms with Gasteiger partial charge in [0.05, 0.1) is 10.6 Å². The van der Waals surface area contributed by atoms with Gasteiger partial charge in [-0.2, -0.15) is 0 Å². The minimum Gasteiger partial charge on any atom is -0.504 e. The van der Waals surface area contributed by atoms with Crippen LogP contribution in [0.2, 0.25) is 5.02 Å². The van der Waals surface area contributed by atoms with Crippen LogP contribution in [-0.2, 0) is 0 Å². The first-order valence-corrected chi connectivity index (χ1v) is 6.84. The van der Waals surface area contributed by atoms with Crippen LogP contribution >= 0.6 is 11.6 Å². The number of hydrogen-bond donors (Lipinski definition) is 2. The third-order valence-corrected chi connectivity index (χ3v) is 4.06. The number of hydrogen-bond acceptors (Lipinski definition) is 3. The average molecular weight is 284 g/mol. The molecule has 1 aliphatic rings. The van der Waals surface area contributed by atoms with Crippen LogP contribution in [0, 0.1) is 5.92 Å². The van der Waals surface area contributed by atoms with Crippen molar-refractivity contribution in [2.75, 3.05) is 6.54 Å². The van der Waals surface area contributed by atoms with E-state index in [-0.39, 0.29) is 28.3 Å². The number of rotatable bonds is 2. The number of aromatic hydroxyl groups is 2. The molecule has 1 aliphatic heterocycles. The number of nitrogens with zero attached hydrogens (tertiary/aromatic N) is 1. The van der Waals surface area contributed by atoms with E-state index in [1.165, 1.54) is 12.1 Å². The third-order valence-electron chi connectivity index (χ3n) is 3.68. The summed E-state index contributed by atoms with van der Waals surface area (Å²) in [4.78, 5) is 14.3. The zero-order chi connectivity index (χ0) is 14.2. The number of phenolic OH excluding ortho intramolecular Hbond substituents is 2. The highest BCUT2D eigenvalue weighted by Gasteiger charge is 2.33. The lowest BCUT2D eigenvalue weighted by Gasteiger charge is -2.24. The molecule has 0 spiro atoms. The fourth-order valence-electron chi connectivity index (χ4n) is 2.66. The van der Waals surface area contributed by atoms with Gasteiger partial charge in [0.15, 0.2) is 11.5 Å². The van der Waals surface area contributed by atoms with Gasteiger partial charge in [-0.05, 0) is 30.9 Å². The zero-order valence-corrected chi connectivity index (χ0v) is 11.8. The molecule has 4 nitrogen and oxygen atoms in total. The summed E-state index contributed by atoms with van der Waals surface area (Å²) >= 11 is 5.94. The number of carbonyl (C=O) groups excluding carboxylic acids is 1. The second-order valence-electron chi connectivity index (χ2n) is 5.16. The molecule has 1 fully saturated rings. The summed E-state index contributed by atoms with van der Waals surface area (Å²) in [5, 5.41) is 18.9. The molecule has 1 aromatic carbocycles. The average Bonchev–Trinajstić information content (AvgIpc) is 2.77. The molecular weight excluding hydrogens is 266 g/mol. The molecular formula is C14H18ClNO3. The second kappa shape index (κ2) is 5.29. The van der Waals surface area contributed by atoms with Gasteiger partial charge in [-0.3, -0.25) is 4.79 Å². The van der Waals surface area contributed by atoms with E-state index in [1.807, 2.05) is 4.90 Å². The van der Waals surface area contributed by atoms with Crippen molar-refractivity contribution in [3.63, 3.8) is 0 Å². The van der Waals surface area contributed by atoms with Gasteiger partial charge in [0.2, 0.25) is 0 Å². The molecule has 1 saturated heterocycles. The number of carbonyl (C=O) groups is 1. The monoisotopic (exact) mass is 283 g/mol. The molecule has 0 radical (unpaired) electrons. The van der Waals surface area contributed by atoms with E-state index >= 15 is 0 Å². The van der Waals surface area contributed by atoms with E-state index in [0.29, 0.717) is 12.5 Å². The highest BCUT2D eigenvalue weighted by molar-refractivity contribution is 6.35. The molecule has 19 heavy (non-hydrogen) atoms. The molecule has 104 valence electrons. The molecule has 2 N–H and O–H groups in total. The Kier molecular flexibility index (Phi) is 3.90. The maximum absolute atomic E-state index is 12.5. The van der Waals surface area contributed by atoms with Crippen LogP contribution in [0.4, 0.5) is 0 Å². The van der Waals surface area contributed by atoms with E-state index in [9.17, 15) is 15.0 Å². The molecule has 5 heteroatoms. The largest absolute Gasteiger partial charge is 0.504 e. The minimum atomic E-state index is -0.437. The predicted molar refractivity (Wildman–Crippen MR) is 73.7 cm³/mol. The summed E-state index contributed by atoms with van der Waals surface area (Å²) in [5.41, 5.74) is 0.240. The number of likely N-dealkylation sites (tertiary alicyclic amines) is 1. The number of phenols is 2. The van der Waals surface area contributed by atoms with Crippen LogP contribution in [0.5, 0.6) is 11.5 Å². The van der Waals surface area contributed by atoms with Gasteiger partial charge < -0.3 is 15.1 Å². The van der Waals surface area contributed by atoms with Gasteiger partial charge in [-0.25, -0.2) is 0 Å². The number of halogens is 1. The third kappa shape index (κ3) is 2.50. The molecule has 0 aromatic heterocycles. The molecule has 2 atom stereocenters. The highest BCUT2D eigenvalue weighted by atomic mass is 35.5. The van der Waals surface area contributed by atoms with Crippen molar-refractivity contribution in [2.24, 2.45) is 5.92 Å². The lowest BCUT2D eigenvalue weighted by Crippen LogP contribution is -2.35. The second-order valence-corrected chi connectivity index (χ2v) is 5.53. The summed E-state index contributed by atoms with van der Waals surface area (Å²) in [6.45, 7) is 4.88. The molecule has 0 aliphatic carbocycles. The van der Waals surface area contributed by atoms with Gasteiger partial charge in [-0.15, -0.1) is 0 Å². The Balaban J connectivity index is 2.32. The van der Waals surface area contributed by atoms with Crippen LogP contribution in [-0.4, -0.2) is 33.6 Å². The van der Waals surface area contributed by atoms with Gasteiger partial charge in [0.1, 0.15) is 0 Å². The fraction of sp³-hybridized carbons (Fsp3) is 0.500. The first-order chi connectivity index (χ1) is 8.95. The highest BCUT2D eigenvalue weighted by Crippen LogP contribution is 2.37. The maximum Gasteiger partial charge on any atom is 0.255 e. The van der Waals surface area contributed by atoms with Gasteiger partial charge >= 0.3 is 0 Å². The Morgan fingerprint density at radius 3 is 2.79 bits per heavy atom. The Morgan fingerprint density at radius 1 is 1.47 bits per heavy atom. The van der Waals surface area contributed by atoms with Crippen LogP contribution in [0.3, 0.4) is 0 Å². The van der Waals surface area contributed by atoms with Crippen molar-refractivity contribution in [2.45, 2.75) is 32.7 Å². The maximum atomic E-state index is 12.5. The molecule has 1 heterocycles. The van der Waals surface area contributed by atoms with Crippen LogP contribution in [0.15, 0.2) is 12.1 Å². The molecule has 0 unspecified atom stereocenters. The Bertz CT molecular complexity index is 504. The van der Waals surface area contributed by atoms with Crippen LogP contribution in [0.1, 0.15) is 37.0 Å². The SMILES string of the molecule is CC[C@H]1C[C@@H](C)CN1C(=O)c1ccc(O)c(O)c1Cl. The summed E-state index contributed by atoms with van der Waals surface area (Å²) in [6.07, 6.45) is 1.89. The van der Waals surface area contributed by atoms with Crippen molar-refractivity contribution in [3.8, 4) is 11.5 Å². The number of benzene rings is 1. The Labute approximate surface area is 117 Å². The molecule has 1 aromatic rings. The van der Waals surface area contributed by atoms with Crippen molar-refractivity contribution in [3.05, 3.63) is 22.7 Å². The first-order valence-electron chi connectivity index (χ1n) is 6.47. The molecule has 0 saturated carbocycles. The zero-order valence-electron chi connectivity index (χ0n) is 11.1. The van der Waals surface area contributed by atoms with E-state index in [4.69, 9.17) is 11.6 Å². The molecule has 2 rings (SSSR count). The van der Waals surface area contributed by atoms with Crippen LogP contribution in [0.25, 0.3) is 0 Å². The van der Waals surface area contributed by atoms with E-state index in [2.05, 4.69) is 13.8 Å². The van der Waals surface area contributed by atoms with Gasteiger partial charge in [0.25, 0.3) is 5.91 Å². The number of amides is 1. The van der Waals surface area contributed by atoms with E-state index in [0.717, 1.165) is 12.8 Å². The van der Waals surface area contributed by atoms with E-state index in [1.54, 1.807) is 0 Å². The van der Waals surface area contributed by atoms with Gasteiger partial charge in [0, 0.05) is 12.6 Å². The fourth-order valence-corrected chi connectivity index (χ4v) is 2.90. The Morgan fingerprint density at radius 2 is 2.16 bits per heavy atom. The molecule has 0 bridgehead atoms. The summed E-state index contributed by atoms with van der Waals surface area (Å²) in [5.74, 6) is -0.467. The summed E-state index contributed by atoms with van der Waals surface area (Å²) in [7, 11) is 0. The summed E-state index contributed by atoms with van der Waals surface area (Å²) in [6, 6.07) is 2.96. The normalized spacial score (nSPS) is 22.8. The summed E-state index contributed by atoms with van der Waals surface area (Å²) < 4.78 is 0. The van der Waals surface area contributed by atoms with Crippen molar-refractivity contribution < 1.29 is 15.0 Å².